The van der Waals surface area contributed by atoms with Crippen molar-refractivity contribution in [3.8, 4) is 0 Å². The van der Waals surface area contributed by atoms with Gasteiger partial charge < -0.3 is 10.5 Å². The summed E-state index contributed by atoms with van der Waals surface area (Å²) in [6.45, 7) is 1.97. The quantitative estimate of drug-likeness (QED) is 0.540. The SMILES string of the molecule is CCCCCS(=O)(=O)c1nnc(C(=O)OC2(C(N)=O)CC2)s1. The summed E-state index contributed by atoms with van der Waals surface area (Å²) in [6, 6.07) is 0. The van der Waals surface area contributed by atoms with Gasteiger partial charge >= 0.3 is 5.97 Å². The van der Waals surface area contributed by atoms with E-state index in [1.807, 2.05) is 6.92 Å². The number of nitrogens with two attached hydrogens (primary N) is 1. The van der Waals surface area contributed by atoms with Crippen LogP contribution in [0.4, 0.5) is 0 Å². The molecule has 1 amide bonds. The van der Waals surface area contributed by atoms with Crippen LogP contribution in [0, 0.1) is 0 Å². The number of esters is 1. The molecule has 2 rings (SSSR count). The number of unbranched alkanes of at least 4 members (excludes halogenated alkanes) is 2. The Balaban J connectivity index is 2.05. The standard InChI is InChI=1S/C12H17N3O5S2/c1-2-3-4-7-22(18,19)11-15-14-8(21-11)9(16)20-12(5-6-12)10(13)17/h2-7H2,1H3,(H2,13,17). The number of sulfone groups is 1. The Labute approximate surface area is 132 Å². The van der Waals surface area contributed by atoms with E-state index in [9.17, 15) is 18.0 Å². The molecule has 0 radical (unpaired) electrons. The van der Waals surface area contributed by atoms with Crippen LogP contribution >= 0.6 is 11.3 Å². The average molecular weight is 347 g/mol. The number of primary amides is 1. The summed E-state index contributed by atoms with van der Waals surface area (Å²) in [5.74, 6) is -1.61. The molecule has 1 aromatic rings. The van der Waals surface area contributed by atoms with Crippen LogP contribution in [0.25, 0.3) is 0 Å². The third-order valence-corrected chi connectivity index (χ3v) is 6.45. The van der Waals surface area contributed by atoms with Crippen molar-refractivity contribution in [3.05, 3.63) is 5.01 Å². The maximum atomic E-state index is 12.0. The highest BCUT2D eigenvalue weighted by Gasteiger charge is 2.53. The minimum Gasteiger partial charge on any atom is -0.444 e. The maximum Gasteiger partial charge on any atom is 0.370 e. The summed E-state index contributed by atoms with van der Waals surface area (Å²) in [5.41, 5.74) is 3.90. The maximum absolute atomic E-state index is 12.0. The van der Waals surface area contributed by atoms with Gasteiger partial charge in [0.1, 0.15) is 0 Å². The molecule has 122 valence electrons. The lowest BCUT2D eigenvalue weighted by Gasteiger charge is -2.10. The van der Waals surface area contributed by atoms with Crippen molar-refractivity contribution in [2.75, 3.05) is 5.75 Å². The van der Waals surface area contributed by atoms with E-state index in [2.05, 4.69) is 10.2 Å². The lowest BCUT2D eigenvalue weighted by atomic mass is 10.3. The highest BCUT2D eigenvalue weighted by Crippen LogP contribution is 2.40. The Morgan fingerprint density at radius 2 is 2.00 bits per heavy atom. The van der Waals surface area contributed by atoms with Crippen molar-refractivity contribution >= 4 is 33.1 Å². The highest BCUT2D eigenvalue weighted by molar-refractivity contribution is 7.93. The lowest BCUT2D eigenvalue weighted by Crippen LogP contribution is -2.35. The third kappa shape index (κ3) is 3.61. The molecule has 1 saturated carbocycles. The van der Waals surface area contributed by atoms with Gasteiger partial charge in [-0.05, 0) is 6.42 Å². The Bertz CT molecular complexity index is 679. The van der Waals surface area contributed by atoms with Gasteiger partial charge in [-0.3, -0.25) is 4.79 Å². The molecular formula is C12H17N3O5S2. The van der Waals surface area contributed by atoms with Crippen molar-refractivity contribution < 1.29 is 22.7 Å². The molecule has 10 heteroatoms. The van der Waals surface area contributed by atoms with Crippen LogP contribution in [-0.2, 0) is 19.4 Å². The zero-order valence-electron chi connectivity index (χ0n) is 12.1. The predicted octanol–water partition coefficient (Wildman–Crippen LogP) is 0.677. The fourth-order valence-electron chi connectivity index (χ4n) is 1.78. The van der Waals surface area contributed by atoms with E-state index in [0.29, 0.717) is 30.6 Å². The summed E-state index contributed by atoms with van der Waals surface area (Å²) in [5, 5.41) is 6.90. The first-order valence-electron chi connectivity index (χ1n) is 6.90. The van der Waals surface area contributed by atoms with Crippen LogP contribution < -0.4 is 5.73 Å². The van der Waals surface area contributed by atoms with E-state index in [0.717, 1.165) is 12.8 Å². The molecule has 1 aliphatic carbocycles. The second-order valence-corrected chi connectivity index (χ2v) is 8.41. The molecule has 1 aliphatic rings. The molecule has 0 atom stereocenters. The van der Waals surface area contributed by atoms with Crippen LogP contribution in [0.1, 0.15) is 48.8 Å². The number of nitrogens with zero attached hydrogens (tertiary/aromatic N) is 2. The summed E-state index contributed by atoms with van der Waals surface area (Å²) < 4.78 is 28.9. The van der Waals surface area contributed by atoms with Gasteiger partial charge in [0.05, 0.1) is 5.75 Å². The van der Waals surface area contributed by atoms with Crippen molar-refractivity contribution in [2.45, 2.75) is 49.0 Å². The predicted molar refractivity (Wildman–Crippen MR) is 78.1 cm³/mol. The molecule has 1 heterocycles. The van der Waals surface area contributed by atoms with Gasteiger partial charge in [-0.25, -0.2) is 13.2 Å². The molecule has 8 nitrogen and oxygen atoms in total. The molecule has 0 spiro atoms. The molecule has 2 N–H and O–H groups in total. The van der Waals surface area contributed by atoms with Crippen molar-refractivity contribution in [1.82, 2.24) is 10.2 Å². The van der Waals surface area contributed by atoms with Crippen LogP contribution in [0.15, 0.2) is 4.34 Å². The first kappa shape index (κ1) is 16.8. The molecule has 0 saturated heterocycles. The monoisotopic (exact) mass is 347 g/mol. The second kappa shape index (κ2) is 6.29. The van der Waals surface area contributed by atoms with Gasteiger partial charge in [-0.1, -0.05) is 31.1 Å². The molecule has 0 unspecified atom stereocenters. The molecule has 22 heavy (non-hydrogen) atoms. The van der Waals surface area contributed by atoms with Crippen LogP contribution in [0.5, 0.6) is 0 Å². The minimum atomic E-state index is -3.54. The van der Waals surface area contributed by atoms with Gasteiger partial charge in [0, 0.05) is 12.8 Å². The Hall–Kier alpha value is -1.55. The van der Waals surface area contributed by atoms with E-state index in [-0.39, 0.29) is 15.1 Å². The Morgan fingerprint density at radius 1 is 1.32 bits per heavy atom. The number of hydrogen-bond acceptors (Lipinski definition) is 8. The van der Waals surface area contributed by atoms with Gasteiger partial charge in [0.15, 0.2) is 5.60 Å². The minimum absolute atomic E-state index is 0.0320. The van der Waals surface area contributed by atoms with Crippen molar-refractivity contribution in [2.24, 2.45) is 5.73 Å². The largest absolute Gasteiger partial charge is 0.444 e. The first-order chi connectivity index (χ1) is 10.3. The van der Waals surface area contributed by atoms with E-state index in [4.69, 9.17) is 10.5 Å². The zero-order chi connectivity index (χ0) is 16.4. The van der Waals surface area contributed by atoms with Crippen molar-refractivity contribution in [1.29, 1.82) is 0 Å². The van der Waals surface area contributed by atoms with Gasteiger partial charge in [0.25, 0.3) is 5.91 Å². The van der Waals surface area contributed by atoms with Crippen LogP contribution in [-0.4, -0.2) is 41.8 Å². The Morgan fingerprint density at radius 3 is 2.55 bits per heavy atom. The molecule has 1 fully saturated rings. The molecule has 1 aromatic heterocycles. The fourth-order valence-corrected chi connectivity index (χ4v) is 4.15. The van der Waals surface area contributed by atoms with Crippen LogP contribution in [0.2, 0.25) is 0 Å². The first-order valence-corrected chi connectivity index (χ1v) is 9.37. The zero-order valence-corrected chi connectivity index (χ0v) is 13.7. The summed E-state index contributed by atoms with van der Waals surface area (Å²) >= 11 is 0.649. The van der Waals surface area contributed by atoms with Crippen molar-refractivity contribution in [3.63, 3.8) is 0 Å². The summed E-state index contributed by atoms with van der Waals surface area (Å²) in [7, 11) is -3.54. The smallest absolute Gasteiger partial charge is 0.370 e. The lowest BCUT2D eigenvalue weighted by molar-refractivity contribution is -0.128. The number of aromatic nitrogens is 2. The fraction of sp³-hybridized carbons (Fsp3) is 0.667. The number of carbonyl (C=O) groups excluding carboxylic acids is 2. The Kier molecular flexibility index (Phi) is 4.81. The molecule has 0 aromatic carbocycles. The van der Waals surface area contributed by atoms with E-state index >= 15 is 0 Å². The second-order valence-electron chi connectivity index (χ2n) is 5.15. The van der Waals surface area contributed by atoms with Gasteiger partial charge in [0.2, 0.25) is 19.2 Å². The van der Waals surface area contributed by atoms with Gasteiger partial charge in [-0.15, -0.1) is 10.2 Å². The average Bonchev–Trinajstić information content (AvgIpc) is 3.04. The van der Waals surface area contributed by atoms with E-state index in [1.54, 1.807) is 0 Å². The van der Waals surface area contributed by atoms with Gasteiger partial charge in [-0.2, -0.15) is 0 Å². The molecule has 0 bridgehead atoms. The summed E-state index contributed by atoms with van der Waals surface area (Å²) in [6.07, 6.45) is 2.97. The number of amides is 1. The molecular weight excluding hydrogens is 330 g/mol. The topological polar surface area (TPSA) is 129 Å². The molecule has 0 aliphatic heterocycles. The van der Waals surface area contributed by atoms with E-state index in [1.165, 1.54) is 0 Å². The highest BCUT2D eigenvalue weighted by atomic mass is 32.2. The van der Waals surface area contributed by atoms with Crippen LogP contribution in [0.3, 0.4) is 0 Å². The number of ether oxygens (including phenoxy) is 1. The number of rotatable bonds is 8. The number of carbonyl (C=O) groups is 2. The van der Waals surface area contributed by atoms with E-state index < -0.39 is 27.3 Å². The number of hydrogen-bond donors (Lipinski definition) is 1. The normalized spacial score (nSPS) is 16.2. The third-order valence-electron chi connectivity index (χ3n) is 3.30. The summed E-state index contributed by atoms with van der Waals surface area (Å²) in [4.78, 5) is 23.1.